The minimum atomic E-state index is 0.192. The number of aromatic nitrogens is 3. The van der Waals surface area contributed by atoms with Crippen molar-refractivity contribution in [2.24, 2.45) is 0 Å². The lowest BCUT2D eigenvalue weighted by molar-refractivity contribution is 1.04. The zero-order valence-electron chi connectivity index (χ0n) is 10.2. The van der Waals surface area contributed by atoms with Gasteiger partial charge in [-0.1, -0.05) is 6.92 Å². The predicted octanol–water partition coefficient (Wildman–Crippen LogP) is 2.65. The van der Waals surface area contributed by atoms with Crippen molar-refractivity contribution in [3.63, 3.8) is 0 Å². The van der Waals surface area contributed by atoms with Crippen LogP contribution in [-0.2, 0) is 13.0 Å². The number of thiazole rings is 1. The Labute approximate surface area is 114 Å². The summed E-state index contributed by atoms with van der Waals surface area (Å²) in [6.45, 7) is 4.49. The summed E-state index contributed by atoms with van der Waals surface area (Å²) in [5.41, 5.74) is 7.08. The average molecular weight is 284 g/mol. The van der Waals surface area contributed by atoms with Gasteiger partial charge in [-0.3, -0.25) is 0 Å². The predicted molar refractivity (Wildman–Crippen MR) is 75.0 cm³/mol. The number of nitrogens with zero attached hydrogens (tertiary/aromatic N) is 3. The Hall–Kier alpha value is -1.40. The first-order valence-corrected chi connectivity index (χ1v) is 6.76. The Balaban J connectivity index is 2.10. The highest BCUT2D eigenvalue weighted by Gasteiger charge is 2.08. The van der Waals surface area contributed by atoms with Crippen molar-refractivity contribution in [2.45, 2.75) is 26.8 Å². The van der Waals surface area contributed by atoms with E-state index in [4.69, 9.17) is 17.3 Å². The van der Waals surface area contributed by atoms with Crippen LogP contribution in [0.4, 0.5) is 11.5 Å². The molecule has 3 N–H and O–H groups in total. The van der Waals surface area contributed by atoms with E-state index in [9.17, 15) is 0 Å². The molecule has 0 amide bonds. The summed E-state index contributed by atoms with van der Waals surface area (Å²) < 4.78 is 0. The maximum atomic E-state index is 5.88. The molecule has 0 atom stereocenters. The fourth-order valence-corrected chi connectivity index (χ4v) is 2.45. The maximum Gasteiger partial charge on any atom is 0.224 e. The van der Waals surface area contributed by atoms with Crippen molar-refractivity contribution in [3.05, 3.63) is 27.1 Å². The average Bonchev–Trinajstić information content (AvgIpc) is 2.80. The highest BCUT2D eigenvalue weighted by Crippen LogP contribution is 2.22. The largest absolute Gasteiger partial charge is 0.394 e. The van der Waals surface area contributed by atoms with E-state index in [1.54, 1.807) is 18.3 Å². The summed E-state index contributed by atoms with van der Waals surface area (Å²) >= 11 is 7.48. The van der Waals surface area contributed by atoms with Gasteiger partial charge in [0.15, 0.2) is 5.82 Å². The number of halogens is 1. The van der Waals surface area contributed by atoms with E-state index in [2.05, 4.69) is 27.2 Å². The van der Waals surface area contributed by atoms with Crippen molar-refractivity contribution in [1.82, 2.24) is 15.0 Å². The Morgan fingerprint density at radius 3 is 2.89 bits per heavy atom. The van der Waals surface area contributed by atoms with Crippen LogP contribution in [0.5, 0.6) is 0 Å². The molecule has 18 heavy (non-hydrogen) atoms. The van der Waals surface area contributed by atoms with Crippen molar-refractivity contribution < 1.29 is 0 Å². The summed E-state index contributed by atoms with van der Waals surface area (Å²) in [7, 11) is 0. The lowest BCUT2D eigenvalue weighted by Gasteiger charge is -2.08. The summed E-state index contributed by atoms with van der Waals surface area (Å²) in [6, 6.07) is 0. The van der Waals surface area contributed by atoms with Gasteiger partial charge in [-0.05, 0) is 24.9 Å². The second-order valence-electron chi connectivity index (χ2n) is 3.77. The second-order valence-corrected chi connectivity index (χ2v) is 5.31. The number of nitrogens with one attached hydrogen (secondary N) is 1. The van der Waals surface area contributed by atoms with Gasteiger partial charge in [0, 0.05) is 11.1 Å². The van der Waals surface area contributed by atoms with Crippen LogP contribution < -0.4 is 11.1 Å². The fourth-order valence-electron chi connectivity index (χ4n) is 1.43. The van der Waals surface area contributed by atoms with E-state index in [-0.39, 0.29) is 5.28 Å². The molecule has 2 aromatic rings. The number of anilines is 2. The van der Waals surface area contributed by atoms with Crippen LogP contribution in [0.15, 0.2) is 6.20 Å². The van der Waals surface area contributed by atoms with Crippen LogP contribution in [0.1, 0.15) is 22.5 Å². The number of aryl methyl sites for hydroxylation is 2. The third-order valence-corrected chi connectivity index (χ3v) is 3.78. The van der Waals surface area contributed by atoms with Gasteiger partial charge in [0.25, 0.3) is 0 Å². The van der Waals surface area contributed by atoms with Gasteiger partial charge < -0.3 is 11.1 Å². The molecule has 0 fully saturated rings. The van der Waals surface area contributed by atoms with Gasteiger partial charge in [0.2, 0.25) is 5.28 Å². The SMILES string of the molecule is CCc1cnc(CNc2nc(Cl)nc(C)c2N)s1. The molecule has 0 radical (unpaired) electrons. The van der Waals surface area contributed by atoms with Gasteiger partial charge >= 0.3 is 0 Å². The summed E-state index contributed by atoms with van der Waals surface area (Å²) in [4.78, 5) is 13.6. The number of nitrogen functional groups attached to an aromatic ring is 1. The van der Waals surface area contributed by atoms with E-state index < -0.39 is 0 Å². The maximum absolute atomic E-state index is 5.88. The molecular weight excluding hydrogens is 270 g/mol. The molecule has 0 aliphatic carbocycles. The van der Waals surface area contributed by atoms with E-state index >= 15 is 0 Å². The molecule has 0 bridgehead atoms. The van der Waals surface area contributed by atoms with Crippen LogP contribution in [-0.4, -0.2) is 15.0 Å². The molecule has 2 heterocycles. The molecule has 2 aromatic heterocycles. The van der Waals surface area contributed by atoms with Gasteiger partial charge in [0.05, 0.1) is 17.9 Å². The quantitative estimate of drug-likeness (QED) is 0.844. The van der Waals surface area contributed by atoms with Crippen LogP contribution in [0.25, 0.3) is 0 Å². The first-order chi connectivity index (χ1) is 8.60. The molecule has 0 aromatic carbocycles. The van der Waals surface area contributed by atoms with Crippen LogP contribution in [0, 0.1) is 6.92 Å². The Kier molecular flexibility index (Phi) is 3.98. The second kappa shape index (κ2) is 5.49. The lowest BCUT2D eigenvalue weighted by atomic mass is 10.3. The van der Waals surface area contributed by atoms with Gasteiger partial charge in [-0.25, -0.2) is 9.97 Å². The van der Waals surface area contributed by atoms with Crippen molar-refractivity contribution in [3.8, 4) is 0 Å². The monoisotopic (exact) mass is 283 g/mol. The first kappa shape index (κ1) is 13.0. The molecule has 5 nitrogen and oxygen atoms in total. The van der Waals surface area contributed by atoms with Crippen LogP contribution in [0.3, 0.4) is 0 Å². The van der Waals surface area contributed by atoms with Gasteiger partial charge in [-0.15, -0.1) is 11.3 Å². The molecule has 2 rings (SSSR count). The molecule has 7 heteroatoms. The molecule has 0 aliphatic rings. The molecule has 96 valence electrons. The number of hydrogen-bond acceptors (Lipinski definition) is 6. The van der Waals surface area contributed by atoms with Gasteiger partial charge in [0.1, 0.15) is 5.01 Å². The fraction of sp³-hybridized carbons (Fsp3) is 0.364. The van der Waals surface area contributed by atoms with E-state index in [1.807, 2.05) is 6.20 Å². The van der Waals surface area contributed by atoms with E-state index in [1.165, 1.54) is 4.88 Å². The van der Waals surface area contributed by atoms with Crippen molar-refractivity contribution >= 4 is 34.4 Å². The Morgan fingerprint density at radius 1 is 1.44 bits per heavy atom. The minimum Gasteiger partial charge on any atom is -0.394 e. The molecular formula is C11H14ClN5S. The minimum absolute atomic E-state index is 0.192. The zero-order chi connectivity index (χ0) is 13.1. The lowest BCUT2D eigenvalue weighted by Crippen LogP contribution is -2.07. The smallest absolute Gasteiger partial charge is 0.224 e. The summed E-state index contributed by atoms with van der Waals surface area (Å²) in [5.74, 6) is 0.556. The van der Waals surface area contributed by atoms with E-state index in [0.717, 1.165) is 11.4 Å². The van der Waals surface area contributed by atoms with Crippen LogP contribution >= 0.6 is 22.9 Å². The van der Waals surface area contributed by atoms with Crippen molar-refractivity contribution in [1.29, 1.82) is 0 Å². The Morgan fingerprint density at radius 2 is 2.22 bits per heavy atom. The molecule has 0 saturated heterocycles. The highest BCUT2D eigenvalue weighted by molar-refractivity contribution is 7.11. The molecule has 0 aliphatic heterocycles. The Bertz CT molecular complexity index is 554. The topological polar surface area (TPSA) is 76.7 Å². The number of rotatable bonds is 4. The normalized spacial score (nSPS) is 10.6. The summed E-state index contributed by atoms with van der Waals surface area (Å²) in [5, 5.41) is 4.33. The highest BCUT2D eigenvalue weighted by atomic mass is 35.5. The standard InChI is InChI=1S/C11H14ClN5S/c1-3-7-4-14-8(18-7)5-15-10-9(13)6(2)16-11(12)17-10/h4H,3,5,13H2,1-2H3,(H,15,16,17). The zero-order valence-corrected chi connectivity index (χ0v) is 11.8. The van der Waals surface area contributed by atoms with Crippen molar-refractivity contribution in [2.75, 3.05) is 11.1 Å². The summed E-state index contributed by atoms with van der Waals surface area (Å²) in [6.07, 6.45) is 2.89. The molecule has 0 unspecified atom stereocenters. The number of hydrogen-bond donors (Lipinski definition) is 2. The third-order valence-electron chi connectivity index (χ3n) is 2.47. The van der Waals surface area contributed by atoms with E-state index in [0.29, 0.717) is 23.7 Å². The molecule has 0 saturated carbocycles. The third kappa shape index (κ3) is 2.88. The van der Waals surface area contributed by atoms with Gasteiger partial charge in [-0.2, -0.15) is 4.98 Å². The molecule has 0 spiro atoms. The number of nitrogens with two attached hydrogens (primary N) is 1. The van der Waals surface area contributed by atoms with Crippen LogP contribution in [0.2, 0.25) is 5.28 Å². The first-order valence-electron chi connectivity index (χ1n) is 5.57.